The lowest BCUT2D eigenvalue weighted by Crippen LogP contribution is -2.39. The maximum atomic E-state index is 12.9. The minimum atomic E-state index is -0.0266. The van der Waals surface area contributed by atoms with Crippen molar-refractivity contribution in [2.75, 3.05) is 13.7 Å². The van der Waals surface area contributed by atoms with E-state index in [2.05, 4.69) is 15.9 Å². The molecule has 1 aliphatic heterocycles. The number of methoxy groups -OCH3 is 1. The molecule has 114 valence electrons. The Morgan fingerprint density at radius 1 is 1.38 bits per heavy atom. The van der Waals surface area contributed by atoms with Crippen molar-refractivity contribution in [2.45, 2.75) is 44.1 Å². The molecule has 0 N–H and O–H groups in total. The summed E-state index contributed by atoms with van der Waals surface area (Å²) >= 11 is 3.42. The van der Waals surface area contributed by atoms with E-state index < -0.39 is 0 Å². The molecular weight excluding hydrogens is 332 g/mol. The Morgan fingerprint density at radius 3 is 2.86 bits per heavy atom. The second-order valence-corrected chi connectivity index (χ2v) is 7.05. The number of ether oxygens (including phenoxy) is 2. The molecule has 3 rings (SSSR count). The van der Waals surface area contributed by atoms with E-state index in [9.17, 15) is 4.79 Å². The summed E-state index contributed by atoms with van der Waals surface area (Å²) < 4.78 is 12.3. The van der Waals surface area contributed by atoms with E-state index in [-0.39, 0.29) is 17.3 Å². The zero-order valence-electron chi connectivity index (χ0n) is 12.4. The standard InChI is InChI=1S/C17H21BrO3/c1-20-15-10-13(18)4-5-14(15)16(19)12-6-9-21-17(11-12)7-2-3-8-17/h4-5,10,12H,2-3,6-9,11H2,1H3. The van der Waals surface area contributed by atoms with Gasteiger partial charge < -0.3 is 9.47 Å². The number of hydrogen-bond acceptors (Lipinski definition) is 3. The molecule has 0 bridgehead atoms. The van der Waals surface area contributed by atoms with Crippen molar-refractivity contribution in [1.82, 2.24) is 0 Å². The molecule has 1 aromatic carbocycles. The fourth-order valence-corrected chi connectivity index (χ4v) is 4.05. The molecule has 0 aromatic heterocycles. The van der Waals surface area contributed by atoms with Gasteiger partial charge in [-0.05, 0) is 43.9 Å². The third kappa shape index (κ3) is 3.02. The Morgan fingerprint density at radius 2 is 2.14 bits per heavy atom. The van der Waals surface area contributed by atoms with Gasteiger partial charge in [0.1, 0.15) is 5.75 Å². The molecule has 21 heavy (non-hydrogen) atoms. The normalized spacial score (nSPS) is 24.2. The Balaban J connectivity index is 1.81. The molecule has 2 aliphatic rings. The first-order valence-corrected chi connectivity index (χ1v) is 8.45. The van der Waals surface area contributed by atoms with Gasteiger partial charge in [-0.1, -0.05) is 28.8 Å². The maximum absolute atomic E-state index is 12.9. The summed E-state index contributed by atoms with van der Waals surface area (Å²) in [4.78, 5) is 12.9. The largest absolute Gasteiger partial charge is 0.496 e. The molecule has 1 aromatic rings. The van der Waals surface area contributed by atoms with Gasteiger partial charge in [0.05, 0.1) is 18.3 Å². The highest BCUT2D eigenvalue weighted by atomic mass is 79.9. The molecule has 1 saturated heterocycles. The molecule has 1 unspecified atom stereocenters. The molecule has 0 amide bonds. The van der Waals surface area contributed by atoms with E-state index in [0.717, 1.165) is 30.2 Å². The molecule has 3 nitrogen and oxygen atoms in total. The summed E-state index contributed by atoms with van der Waals surface area (Å²) in [6.07, 6.45) is 6.35. The van der Waals surface area contributed by atoms with E-state index in [4.69, 9.17) is 9.47 Å². The third-order valence-electron chi connectivity index (χ3n) is 4.81. The van der Waals surface area contributed by atoms with Gasteiger partial charge in [-0.25, -0.2) is 0 Å². The van der Waals surface area contributed by atoms with Gasteiger partial charge in [-0.2, -0.15) is 0 Å². The summed E-state index contributed by atoms with van der Waals surface area (Å²) in [5.74, 6) is 0.919. The van der Waals surface area contributed by atoms with Crippen LogP contribution in [0.15, 0.2) is 22.7 Å². The predicted molar refractivity (Wildman–Crippen MR) is 84.9 cm³/mol. The van der Waals surface area contributed by atoms with E-state index in [1.165, 1.54) is 12.8 Å². The monoisotopic (exact) mass is 352 g/mol. The van der Waals surface area contributed by atoms with Gasteiger partial charge >= 0.3 is 0 Å². The Kier molecular flexibility index (Phi) is 4.36. The number of ketones is 1. The van der Waals surface area contributed by atoms with Crippen molar-refractivity contribution < 1.29 is 14.3 Å². The quantitative estimate of drug-likeness (QED) is 0.757. The zero-order chi connectivity index (χ0) is 14.9. The summed E-state index contributed by atoms with van der Waals surface area (Å²) in [5, 5.41) is 0. The number of Topliss-reactive ketones (excluding diaryl/α,β-unsaturated/α-hetero) is 1. The molecule has 1 atom stereocenters. The molecule has 4 heteroatoms. The third-order valence-corrected chi connectivity index (χ3v) is 5.30. The summed E-state index contributed by atoms with van der Waals surface area (Å²) in [6, 6.07) is 5.63. The van der Waals surface area contributed by atoms with Gasteiger partial charge in [0, 0.05) is 17.0 Å². The first-order chi connectivity index (χ1) is 10.1. The first-order valence-electron chi connectivity index (χ1n) is 7.65. The lowest BCUT2D eigenvalue weighted by atomic mass is 9.80. The molecular formula is C17H21BrO3. The van der Waals surface area contributed by atoms with E-state index in [1.807, 2.05) is 18.2 Å². The zero-order valence-corrected chi connectivity index (χ0v) is 13.9. The second kappa shape index (κ2) is 6.09. The van der Waals surface area contributed by atoms with Crippen LogP contribution in [-0.2, 0) is 4.74 Å². The minimum Gasteiger partial charge on any atom is -0.496 e. The van der Waals surface area contributed by atoms with Crippen molar-refractivity contribution in [3.05, 3.63) is 28.2 Å². The van der Waals surface area contributed by atoms with E-state index >= 15 is 0 Å². The van der Waals surface area contributed by atoms with Crippen LogP contribution < -0.4 is 4.74 Å². The Bertz CT molecular complexity index is 535. The average molecular weight is 353 g/mol. The SMILES string of the molecule is COc1cc(Br)ccc1C(=O)C1CCOC2(CCCC2)C1. The van der Waals surface area contributed by atoms with Crippen LogP contribution in [0.25, 0.3) is 0 Å². The van der Waals surface area contributed by atoms with Crippen molar-refractivity contribution in [3.63, 3.8) is 0 Å². The predicted octanol–water partition coefficient (Wildman–Crippen LogP) is 4.38. The number of carbonyl (C=O) groups is 1. The lowest BCUT2D eigenvalue weighted by Gasteiger charge is -2.37. The molecule has 1 saturated carbocycles. The van der Waals surface area contributed by atoms with Crippen LogP contribution in [0.5, 0.6) is 5.75 Å². The smallest absolute Gasteiger partial charge is 0.169 e. The Labute approximate surface area is 134 Å². The summed E-state index contributed by atoms with van der Waals surface area (Å²) in [5.41, 5.74) is 0.669. The van der Waals surface area contributed by atoms with Crippen LogP contribution in [0.3, 0.4) is 0 Å². The van der Waals surface area contributed by atoms with Crippen LogP contribution in [0, 0.1) is 5.92 Å². The number of benzene rings is 1. The van der Waals surface area contributed by atoms with Crippen LogP contribution in [-0.4, -0.2) is 25.1 Å². The second-order valence-electron chi connectivity index (χ2n) is 6.14. The van der Waals surface area contributed by atoms with Gasteiger partial charge in [0.25, 0.3) is 0 Å². The molecule has 1 spiro atoms. The van der Waals surface area contributed by atoms with Crippen LogP contribution in [0.4, 0.5) is 0 Å². The van der Waals surface area contributed by atoms with Gasteiger partial charge in [0.2, 0.25) is 0 Å². The minimum absolute atomic E-state index is 0.0266. The summed E-state index contributed by atoms with van der Waals surface area (Å²) in [7, 11) is 1.61. The number of halogens is 1. The van der Waals surface area contributed by atoms with Gasteiger partial charge in [-0.3, -0.25) is 4.79 Å². The number of rotatable bonds is 3. The van der Waals surface area contributed by atoms with Crippen LogP contribution >= 0.6 is 15.9 Å². The van der Waals surface area contributed by atoms with Crippen molar-refractivity contribution in [1.29, 1.82) is 0 Å². The lowest BCUT2D eigenvalue weighted by molar-refractivity contribution is -0.0866. The van der Waals surface area contributed by atoms with Gasteiger partial charge in [-0.15, -0.1) is 0 Å². The van der Waals surface area contributed by atoms with E-state index in [0.29, 0.717) is 17.9 Å². The molecule has 0 radical (unpaired) electrons. The van der Waals surface area contributed by atoms with Crippen LogP contribution in [0.1, 0.15) is 48.9 Å². The van der Waals surface area contributed by atoms with Gasteiger partial charge in [0.15, 0.2) is 5.78 Å². The average Bonchev–Trinajstić information content (AvgIpc) is 2.94. The van der Waals surface area contributed by atoms with E-state index in [1.54, 1.807) is 7.11 Å². The molecule has 1 heterocycles. The van der Waals surface area contributed by atoms with Crippen molar-refractivity contribution >= 4 is 21.7 Å². The fraction of sp³-hybridized carbons (Fsp3) is 0.588. The highest BCUT2D eigenvalue weighted by molar-refractivity contribution is 9.10. The first kappa shape index (κ1) is 15.0. The number of hydrogen-bond donors (Lipinski definition) is 0. The maximum Gasteiger partial charge on any atom is 0.169 e. The molecule has 1 aliphatic carbocycles. The number of carbonyl (C=O) groups excluding carboxylic acids is 1. The highest BCUT2D eigenvalue weighted by Crippen LogP contribution is 2.43. The highest BCUT2D eigenvalue weighted by Gasteiger charge is 2.42. The topological polar surface area (TPSA) is 35.5 Å². The Hall–Kier alpha value is -0.870. The van der Waals surface area contributed by atoms with Crippen molar-refractivity contribution in [3.8, 4) is 5.75 Å². The van der Waals surface area contributed by atoms with Crippen molar-refractivity contribution in [2.24, 2.45) is 5.92 Å². The molecule has 2 fully saturated rings. The summed E-state index contributed by atoms with van der Waals surface area (Å²) in [6.45, 7) is 0.704. The van der Waals surface area contributed by atoms with Crippen LogP contribution in [0.2, 0.25) is 0 Å². The fourth-order valence-electron chi connectivity index (χ4n) is 3.71.